The number of nitro groups is 1. The Hall–Kier alpha value is -2.67. The van der Waals surface area contributed by atoms with Crippen molar-refractivity contribution in [2.24, 2.45) is 10.2 Å². The topological polar surface area (TPSA) is 71.1 Å². The molecule has 0 amide bonds. The lowest BCUT2D eigenvalue weighted by atomic mass is 10.2. The van der Waals surface area contributed by atoms with Crippen LogP contribution in [-0.2, 0) is 6.54 Å². The quantitative estimate of drug-likeness (QED) is 0.463. The Bertz CT molecular complexity index is 775. The first-order valence-electron chi connectivity index (χ1n) is 7.99. The Morgan fingerprint density at radius 1 is 1.16 bits per heavy atom. The van der Waals surface area contributed by atoms with Crippen LogP contribution in [0.25, 0.3) is 0 Å². The van der Waals surface area contributed by atoms with Gasteiger partial charge in [0, 0.05) is 31.0 Å². The molecule has 1 saturated heterocycles. The largest absolute Gasteiger partial charge is 0.345 e. The molecule has 6 nitrogen and oxygen atoms in total. The second-order valence-corrected chi connectivity index (χ2v) is 6.65. The third-order valence-electron chi connectivity index (χ3n) is 3.74. The predicted octanol–water partition coefficient (Wildman–Crippen LogP) is 3.92. The van der Waals surface area contributed by atoms with Gasteiger partial charge in [0.05, 0.1) is 11.1 Å². The van der Waals surface area contributed by atoms with E-state index in [0.29, 0.717) is 0 Å². The molecule has 128 valence electrons. The summed E-state index contributed by atoms with van der Waals surface area (Å²) in [4.78, 5) is 12.5. The van der Waals surface area contributed by atoms with Crippen LogP contribution in [0, 0.1) is 10.1 Å². The zero-order valence-electron chi connectivity index (χ0n) is 13.6. The van der Waals surface area contributed by atoms with Gasteiger partial charge in [-0.3, -0.25) is 10.1 Å². The zero-order chi connectivity index (χ0) is 17.5. The normalized spacial score (nSPS) is 16.5. The minimum Gasteiger partial charge on any atom is -0.345 e. The lowest BCUT2D eigenvalue weighted by molar-refractivity contribution is -0.384. The molecular formula is C18H18N4O2S. The van der Waals surface area contributed by atoms with Crippen molar-refractivity contribution < 1.29 is 4.92 Å². The van der Waals surface area contributed by atoms with Gasteiger partial charge in [-0.05, 0) is 29.7 Å². The SMILES string of the molecule is O=[N+]([O-])c1ccc(/C=N/N=C2\SCCCN2Cc2ccccc2)cc1. The third kappa shape index (κ3) is 4.90. The van der Waals surface area contributed by atoms with E-state index in [0.717, 1.165) is 36.0 Å². The van der Waals surface area contributed by atoms with Crippen LogP contribution in [0.2, 0.25) is 0 Å². The van der Waals surface area contributed by atoms with Crippen LogP contribution < -0.4 is 0 Å². The molecule has 2 aromatic carbocycles. The highest BCUT2D eigenvalue weighted by Gasteiger charge is 2.17. The summed E-state index contributed by atoms with van der Waals surface area (Å²) in [5, 5.41) is 20.1. The molecule has 3 rings (SSSR count). The predicted molar refractivity (Wildman–Crippen MR) is 102 cm³/mol. The molecule has 1 heterocycles. The van der Waals surface area contributed by atoms with Gasteiger partial charge < -0.3 is 4.90 Å². The highest BCUT2D eigenvalue weighted by Crippen LogP contribution is 2.20. The molecular weight excluding hydrogens is 336 g/mol. The van der Waals surface area contributed by atoms with E-state index in [1.54, 1.807) is 30.1 Å². The fraction of sp³-hybridized carbons (Fsp3) is 0.222. The number of thioether (sulfide) groups is 1. The van der Waals surface area contributed by atoms with Crippen molar-refractivity contribution in [3.8, 4) is 0 Å². The molecule has 1 aliphatic heterocycles. The number of hydrogen-bond donors (Lipinski definition) is 0. The van der Waals surface area contributed by atoms with Gasteiger partial charge in [0.25, 0.3) is 5.69 Å². The van der Waals surface area contributed by atoms with E-state index in [1.807, 2.05) is 18.2 Å². The van der Waals surface area contributed by atoms with Gasteiger partial charge in [-0.1, -0.05) is 42.1 Å². The van der Waals surface area contributed by atoms with Crippen molar-refractivity contribution in [2.45, 2.75) is 13.0 Å². The van der Waals surface area contributed by atoms with E-state index in [2.05, 4.69) is 27.2 Å². The van der Waals surface area contributed by atoms with Crippen LogP contribution in [0.1, 0.15) is 17.5 Å². The van der Waals surface area contributed by atoms with Crippen molar-refractivity contribution in [1.29, 1.82) is 0 Å². The Labute approximate surface area is 150 Å². The first kappa shape index (κ1) is 17.2. The number of amidine groups is 1. The van der Waals surface area contributed by atoms with Crippen LogP contribution >= 0.6 is 11.8 Å². The second-order valence-electron chi connectivity index (χ2n) is 5.58. The maximum atomic E-state index is 10.7. The molecule has 0 radical (unpaired) electrons. The summed E-state index contributed by atoms with van der Waals surface area (Å²) in [7, 11) is 0. The average molecular weight is 354 g/mol. The minimum atomic E-state index is -0.415. The number of benzene rings is 2. The fourth-order valence-electron chi connectivity index (χ4n) is 2.48. The maximum Gasteiger partial charge on any atom is 0.269 e. The van der Waals surface area contributed by atoms with Gasteiger partial charge >= 0.3 is 0 Å². The first-order valence-corrected chi connectivity index (χ1v) is 8.98. The lowest BCUT2D eigenvalue weighted by Crippen LogP contribution is -2.33. The summed E-state index contributed by atoms with van der Waals surface area (Å²) in [5.74, 6) is 1.04. The van der Waals surface area contributed by atoms with Gasteiger partial charge in [-0.25, -0.2) is 0 Å². The van der Waals surface area contributed by atoms with E-state index >= 15 is 0 Å². The van der Waals surface area contributed by atoms with Crippen LogP contribution in [-0.4, -0.2) is 33.5 Å². The smallest absolute Gasteiger partial charge is 0.269 e. The molecule has 1 fully saturated rings. The Kier molecular flexibility index (Phi) is 5.79. The molecule has 1 aliphatic rings. The first-order chi connectivity index (χ1) is 12.2. The Morgan fingerprint density at radius 3 is 2.64 bits per heavy atom. The molecule has 0 unspecified atom stereocenters. The number of nitro benzene ring substituents is 1. The molecule has 0 N–H and O–H groups in total. The Morgan fingerprint density at radius 2 is 1.92 bits per heavy atom. The molecule has 7 heteroatoms. The van der Waals surface area contributed by atoms with Crippen molar-refractivity contribution in [2.75, 3.05) is 12.3 Å². The third-order valence-corrected chi connectivity index (χ3v) is 4.84. The number of nitrogens with zero attached hydrogens (tertiary/aromatic N) is 4. The van der Waals surface area contributed by atoms with Gasteiger partial charge in [-0.2, -0.15) is 5.10 Å². The number of hydrogen-bond acceptors (Lipinski definition) is 5. The molecule has 2 aromatic rings. The van der Waals surface area contributed by atoms with Gasteiger partial charge in [0.1, 0.15) is 0 Å². The molecule has 0 aliphatic carbocycles. The zero-order valence-corrected chi connectivity index (χ0v) is 14.4. The highest BCUT2D eigenvalue weighted by molar-refractivity contribution is 8.13. The van der Waals surface area contributed by atoms with Gasteiger partial charge in [0.2, 0.25) is 0 Å². The summed E-state index contributed by atoms with van der Waals surface area (Å²) >= 11 is 1.70. The van der Waals surface area contributed by atoms with Crippen molar-refractivity contribution >= 4 is 28.8 Å². The maximum absolute atomic E-state index is 10.7. The van der Waals surface area contributed by atoms with Crippen molar-refractivity contribution in [1.82, 2.24) is 4.90 Å². The van der Waals surface area contributed by atoms with Crippen molar-refractivity contribution in [3.05, 3.63) is 75.8 Å². The molecule has 0 saturated carbocycles. The van der Waals surface area contributed by atoms with E-state index < -0.39 is 4.92 Å². The molecule has 25 heavy (non-hydrogen) atoms. The van der Waals surface area contributed by atoms with E-state index in [4.69, 9.17) is 0 Å². The van der Waals surface area contributed by atoms with Gasteiger partial charge in [0.15, 0.2) is 5.17 Å². The van der Waals surface area contributed by atoms with Crippen LogP contribution in [0.3, 0.4) is 0 Å². The summed E-state index contributed by atoms with van der Waals surface area (Å²) in [6, 6.07) is 16.6. The van der Waals surface area contributed by atoms with E-state index in [9.17, 15) is 10.1 Å². The second kappa shape index (κ2) is 8.43. The monoisotopic (exact) mass is 354 g/mol. The van der Waals surface area contributed by atoms with Crippen LogP contribution in [0.4, 0.5) is 5.69 Å². The molecule has 0 spiro atoms. The lowest BCUT2D eigenvalue weighted by Gasteiger charge is -2.28. The molecule has 0 atom stereocenters. The summed E-state index contributed by atoms with van der Waals surface area (Å²) in [6.45, 7) is 1.79. The van der Waals surface area contributed by atoms with Crippen LogP contribution in [0.15, 0.2) is 64.8 Å². The number of non-ortho nitro benzene ring substituents is 1. The molecule has 0 aromatic heterocycles. The summed E-state index contributed by atoms with van der Waals surface area (Å²) in [6.07, 6.45) is 2.75. The Balaban J connectivity index is 1.68. The van der Waals surface area contributed by atoms with E-state index in [-0.39, 0.29) is 5.69 Å². The number of rotatable bonds is 5. The van der Waals surface area contributed by atoms with Crippen molar-refractivity contribution in [3.63, 3.8) is 0 Å². The van der Waals surface area contributed by atoms with Crippen LogP contribution in [0.5, 0.6) is 0 Å². The summed E-state index contributed by atoms with van der Waals surface area (Å²) < 4.78 is 0. The minimum absolute atomic E-state index is 0.0698. The standard InChI is InChI=1S/C18H18N4O2S/c23-22(24)17-9-7-15(8-10-17)13-19-20-18-21(11-4-12-25-18)14-16-5-2-1-3-6-16/h1-3,5-10,13H,4,11-12,14H2/b19-13+,20-18-. The fourth-order valence-corrected chi connectivity index (χ4v) is 3.37. The highest BCUT2D eigenvalue weighted by atomic mass is 32.2. The summed E-state index contributed by atoms with van der Waals surface area (Å²) in [5.41, 5.74) is 2.10. The van der Waals surface area contributed by atoms with E-state index in [1.165, 1.54) is 17.7 Å². The van der Waals surface area contributed by atoms with Gasteiger partial charge in [-0.15, -0.1) is 5.10 Å². The average Bonchev–Trinajstić information content (AvgIpc) is 2.64. The molecule has 0 bridgehead atoms.